The Morgan fingerprint density at radius 3 is 1.20 bits per heavy atom. The number of amides is 1. The van der Waals surface area contributed by atoms with E-state index in [1.54, 1.807) is 6.08 Å². The Morgan fingerprint density at radius 1 is 0.471 bits per heavy atom. The predicted molar refractivity (Wildman–Crippen MR) is 222 cm³/mol. The molecule has 5 heteroatoms. The second-order valence-electron chi connectivity index (χ2n) is 15.6. The molecule has 0 fully saturated rings. The predicted octanol–water partition coefficient (Wildman–Crippen LogP) is 13.0. The Bertz CT molecular complexity index is 754. The van der Waals surface area contributed by atoms with Gasteiger partial charge >= 0.3 is 0 Å². The van der Waals surface area contributed by atoms with Crippen LogP contribution in [0.15, 0.2) is 24.3 Å². The van der Waals surface area contributed by atoms with E-state index in [0.29, 0.717) is 6.42 Å². The molecule has 1 amide bonds. The van der Waals surface area contributed by atoms with Crippen molar-refractivity contribution in [2.24, 2.45) is 0 Å². The summed E-state index contributed by atoms with van der Waals surface area (Å²) in [6.45, 7) is 4.18. The van der Waals surface area contributed by atoms with Gasteiger partial charge in [0.05, 0.1) is 18.8 Å². The van der Waals surface area contributed by atoms with E-state index >= 15 is 0 Å². The zero-order valence-corrected chi connectivity index (χ0v) is 34.2. The second-order valence-corrected chi connectivity index (χ2v) is 15.6. The number of unbranched alkanes of at least 4 members (excludes halogenated alkanes) is 31. The van der Waals surface area contributed by atoms with Gasteiger partial charge in [0.25, 0.3) is 0 Å². The van der Waals surface area contributed by atoms with Crippen LogP contribution in [0.5, 0.6) is 0 Å². The molecule has 0 aliphatic rings. The van der Waals surface area contributed by atoms with E-state index in [4.69, 9.17) is 0 Å². The third kappa shape index (κ3) is 37.0. The fourth-order valence-corrected chi connectivity index (χ4v) is 6.97. The molecule has 0 aromatic heterocycles. The molecule has 0 bridgehead atoms. The summed E-state index contributed by atoms with van der Waals surface area (Å²) in [5.41, 5.74) is 0. The lowest BCUT2D eigenvalue weighted by Gasteiger charge is -2.21. The molecule has 4 N–H and O–H groups in total. The molecule has 302 valence electrons. The molecule has 51 heavy (non-hydrogen) atoms. The number of hydrogen-bond acceptors (Lipinski definition) is 4. The van der Waals surface area contributed by atoms with E-state index in [0.717, 1.165) is 38.5 Å². The van der Waals surface area contributed by atoms with E-state index in [1.807, 2.05) is 6.08 Å². The molecule has 0 heterocycles. The van der Waals surface area contributed by atoms with Crippen molar-refractivity contribution in [2.75, 3.05) is 6.61 Å². The minimum atomic E-state index is -1.10. The van der Waals surface area contributed by atoms with Gasteiger partial charge in [0.2, 0.25) is 5.91 Å². The molecular weight excluding hydrogens is 631 g/mol. The average Bonchev–Trinajstić information content (AvgIpc) is 3.13. The maximum atomic E-state index is 12.4. The van der Waals surface area contributed by atoms with Crippen LogP contribution < -0.4 is 5.32 Å². The highest BCUT2D eigenvalue weighted by molar-refractivity contribution is 5.80. The van der Waals surface area contributed by atoms with E-state index < -0.39 is 24.2 Å². The number of rotatable bonds is 41. The molecule has 0 aliphatic carbocycles. The third-order valence-corrected chi connectivity index (χ3v) is 10.5. The fourth-order valence-electron chi connectivity index (χ4n) is 6.97. The molecule has 3 atom stereocenters. The highest BCUT2D eigenvalue weighted by Crippen LogP contribution is 2.16. The summed E-state index contributed by atoms with van der Waals surface area (Å²) < 4.78 is 0. The van der Waals surface area contributed by atoms with Crippen LogP contribution in [0.3, 0.4) is 0 Å². The molecule has 0 rings (SSSR count). The first-order valence-corrected chi connectivity index (χ1v) is 22.7. The van der Waals surface area contributed by atoms with Crippen LogP contribution >= 0.6 is 0 Å². The lowest BCUT2D eigenvalue weighted by Crippen LogP contribution is -2.48. The Morgan fingerprint density at radius 2 is 0.804 bits per heavy atom. The topological polar surface area (TPSA) is 89.8 Å². The first-order chi connectivity index (χ1) is 25.1. The minimum absolute atomic E-state index is 0.373. The normalized spacial score (nSPS) is 13.7. The number of hydrogen-bond donors (Lipinski definition) is 4. The van der Waals surface area contributed by atoms with Gasteiger partial charge < -0.3 is 20.6 Å². The van der Waals surface area contributed by atoms with Crippen LogP contribution in [-0.4, -0.2) is 46.1 Å². The van der Waals surface area contributed by atoms with Crippen molar-refractivity contribution >= 4 is 5.91 Å². The highest BCUT2D eigenvalue weighted by Gasteiger charge is 2.22. The van der Waals surface area contributed by atoms with Gasteiger partial charge in [-0.2, -0.15) is 0 Å². The maximum Gasteiger partial charge on any atom is 0.249 e. The monoisotopic (exact) mass is 720 g/mol. The van der Waals surface area contributed by atoms with Gasteiger partial charge in [0.15, 0.2) is 0 Å². The number of carbonyl (C=O) groups is 1. The van der Waals surface area contributed by atoms with Gasteiger partial charge in [-0.15, -0.1) is 0 Å². The van der Waals surface area contributed by atoms with E-state index in [-0.39, 0.29) is 6.61 Å². The van der Waals surface area contributed by atoms with Crippen molar-refractivity contribution in [1.82, 2.24) is 5.32 Å². The quantitative estimate of drug-likeness (QED) is 0.0374. The Balaban J connectivity index is 3.67. The molecule has 0 saturated heterocycles. The summed E-state index contributed by atoms with van der Waals surface area (Å²) in [4.78, 5) is 12.4. The summed E-state index contributed by atoms with van der Waals surface area (Å²) >= 11 is 0. The van der Waals surface area contributed by atoms with Crippen molar-refractivity contribution in [3.8, 4) is 0 Å². The standard InChI is InChI=1S/C46H89NO4/c1-3-5-7-9-11-13-15-17-19-20-21-22-23-24-25-26-27-29-30-32-34-36-38-40-44(49)43(42-48)47-46(51)45(50)41-39-37-35-33-31-28-18-16-14-12-10-8-6-4-2/h30,32,38,40,43-45,48-50H,3-29,31,33-37,39,41-42H2,1-2H3,(H,47,51)/b32-30+,40-38+. The van der Waals surface area contributed by atoms with Crippen molar-refractivity contribution in [2.45, 2.75) is 257 Å². The highest BCUT2D eigenvalue weighted by atomic mass is 16.3. The smallest absolute Gasteiger partial charge is 0.249 e. The van der Waals surface area contributed by atoms with E-state index in [2.05, 4.69) is 31.3 Å². The van der Waals surface area contributed by atoms with E-state index in [9.17, 15) is 20.1 Å². The molecule has 0 aliphatic heterocycles. The molecule has 0 radical (unpaired) electrons. The van der Waals surface area contributed by atoms with Gasteiger partial charge in [0.1, 0.15) is 6.10 Å². The number of carbonyl (C=O) groups excluding carboxylic acids is 1. The zero-order valence-electron chi connectivity index (χ0n) is 34.2. The van der Waals surface area contributed by atoms with Crippen LogP contribution in [0.1, 0.15) is 239 Å². The van der Waals surface area contributed by atoms with Crippen molar-refractivity contribution < 1.29 is 20.1 Å². The van der Waals surface area contributed by atoms with E-state index in [1.165, 1.54) is 180 Å². The van der Waals surface area contributed by atoms with Gasteiger partial charge in [-0.3, -0.25) is 4.79 Å². The Labute approximate surface area is 318 Å². The second kappa shape index (κ2) is 41.6. The number of aliphatic hydroxyl groups is 3. The Hall–Kier alpha value is -1.17. The minimum Gasteiger partial charge on any atom is -0.394 e. The van der Waals surface area contributed by atoms with Gasteiger partial charge in [-0.25, -0.2) is 0 Å². The molecule has 0 saturated carbocycles. The number of allylic oxidation sites excluding steroid dienone is 3. The number of aliphatic hydroxyl groups excluding tert-OH is 3. The summed E-state index contributed by atoms with van der Waals surface area (Å²) in [6.07, 6.45) is 50.8. The molecule has 0 spiro atoms. The van der Waals surface area contributed by atoms with Crippen LogP contribution in [0.2, 0.25) is 0 Å². The first-order valence-electron chi connectivity index (χ1n) is 22.7. The average molecular weight is 720 g/mol. The third-order valence-electron chi connectivity index (χ3n) is 10.5. The molecular formula is C46H89NO4. The van der Waals surface area contributed by atoms with Crippen molar-refractivity contribution in [3.05, 3.63) is 24.3 Å². The largest absolute Gasteiger partial charge is 0.394 e. The van der Waals surface area contributed by atoms with Gasteiger partial charge in [-0.05, 0) is 32.1 Å². The maximum absolute atomic E-state index is 12.4. The Kier molecular flexibility index (Phi) is 40.6. The van der Waals surface area contributed by atoms with Gasteiger partial charge in [0, 0.05) is 0 Å². The summed E-state index contributed by atoms with van der Waals surface area (Å²) in [5.74, 6) is -0.511. The van der Waals surface area contributed by atoms with Crippen LogP contribution in [0.25, 0.3) is 0 Å². The van der Waals surface area contributed by atoms with Crippen molar-refractivity contribution in [3.63, 3.8) is 0 Å². The fraction of sp³-hybridized carbons (Fsp3) is 0.891. The van der Waals surface area contributed by atoms with Gasteiger partial charge in [-0.1, -0.05) is 231 Å². The zero-order chi connectivity index (χ0) is 37.3. The van der Waals surface area contributed by atoms with Crippen LogP contribution in [0, 0.1) is 0 Å². The van der Waals surface area contributed by atoms with Crippen LogP contribution in [0.4, 0.5) is 0 Å². The summed E-state index contributed by atoms with van der Waals surface area (Å²) in [7, 11) is 0. The molecule has 5 nitrogen and oxygen atoms in total. The SMILES string of the molecule is CCCCCCCCCCCCCCCCCCC/C=C/CC/C=C/C(O)C(CO)NC(=O)C(O)CCCCCCCCCCCCCCCC. The number of nitrogens with one attached hydrogen (secondary N) is 1. The molecule has 0 aromatic carbocycles. The molecule has 3 unspecified atom stereocenters. The van der Waals surface area contributed by atoms with Crippen molar-refractivity contribution in [1.29, 1.82) is 0 Å². The lowest BCUT2D eigenvalue weighted by molar-refractivity contribution is -0.131. The summed E-state index contributed by atoms with van der Waals surface area (Å²) in [6, 6.07) is -0.810. The molecule has 0 aromatic rings. The lowest BCUT2D eigenvalue weighted by atomic mass is 10.0. The summed E-state index contributed by atoms with van der Waals surface area (Å²) in [5, 5.41) is 33.1. The van der Waals surface area contributed by atoms with Crippen LogP contribution in [-0.2, 0) is 4.79 Å². The first kappa shape index (κ1) is 49.8.